The predicted molar refractivity (Wildman–Crippen MR) is 78.0 cm³/mol. The quantitative estimate of drug-likeness (QED) is 0.719. The molecule has 0 aromatic heterocycles. The van der Waals surface area contributed by atoms with E-state index in [1.54, 1.807) is 6.07 Å². The van der Waals surface area contributed by atoms with E-state index in [1.807, 2.05) is 12.1 Å². The molecule has 2 aromatic rings. The molecule has 96 valence electrons. The van der Waals surface area contributed by atoms with Gasteiger partial charge < -0.3 is 0 Å². The van der Waals surface area contributed by atoms with Crippen molar-refractivity contribution in [1.82, 2.24) is 0 Å². The molecule has 0 bridgehead atoms. The zero-order valence-electron chi connectivity index (χ0n) is 10.5. The third kappa shape index (κ3) is 2.43. The average molecular weight is 273 g/mol. The maximum absolute atomic E-state index is 13.4. The van der Waals surface area contributed by atoms with E-state index in [2.05, 4.69) is 18.7 Å². The highest BCUT2D eigenvalue weighted by atomic mass is 35.5. The van der Waals surface area contributed by atoms with Crippen LogP contribution in [0.1, 0.15) is 28.7 Å². The van der Waals surface area contributed by atoms with Gasteiger partial charge in [-0.3, -0.25) is 0 Å². The molecule has 0 saturated heterocycles. The highest BCUT2D eigenvalue weighted by Gasteiger charge is 2.17. The Bertz CT molecular complexity index is 638. The summed E-state index contributed by atoms with van der Waals surface area (Å²) in [6, 6.07) is 11.0. The fraction of sp³-hybridized carbons (Fsp3) is 0.176. The van der Waals surface area contributed by atoms with Crippen molar-refractivity contribution in [1.29, 1.82) is 0 Å². The van der Waals surface area contributed by atoms with Gasteiger partial charge in [-0.2, -0.15) is 0 Å². The Morgan fingerprint density at radius 2 is 2.00 bits per heavy atom. The van der Waals surface area contributed by atoms with Crippen LogP contribution >= 0.6 is 11.6 Å². The number of fused-ring (bicyclic) bond motifs is 1. The number of allylic oxidation sites excluding steroid dienone is 1. The van der Waals surface area contributed by atoms with Crippen LogP contribution in [-0.4, -0.2) is 0 Å². The van der Waals surface area contributed by atoms with Crippen LogP contribution in [0.15, 0.2) is 43.0 Å². The standard InChI is InChI=1S/C17H14ClF/c1-11-5-6-17-13(3-2-4-16(11)17)7-12-8-14(18)10-15(19)9-12/h2-4,8-10H,1,5-7H2. The van der Waals surface area contributed by atoms with Crippen molar-refractivity contribution < 1.29 is 4.39 Å². The molecule has 0 atom stereocenters. The van der Waals surface area contributed by atoms with E-state index in [4.69, 9.17) is 11.6 Å². The molecular weight excluding hydrogens is 259 g/mol. The first kappa shape index (κ1) is 12.4. The van der Waals surface area contributed by atoms with Crippen LogP contribution < -0.4 is 0 Å². The lowest BCUT2D eigenvalue weighted by Gasteiger charge is -2.09. The van der Waals surface area contributed by atoms with Gasteiger partial charge in [0.15, 0.2) is 0 Å². The summed E-state index contributed by atoms with van der Waals surface area (Å²) >= 11 is 5.90. The lowest BCUT2D eigenvalue weighted by atomic mass is 9.97. The molecule has 3 rings (SSSR count). The summed E-state index contributed by atoms with van der Waals surface area (Å²) < 4.78 is 13.4. The van der Waals surface area contributed by atoms with Crippen LogP contribution in [0.3, 0.4) is 0 Å². The zero-order valence-corrected chi connectivity index (χ0v) is 11.3. The number of rotatable bonds is 2. The molecular formula is C17H14ClF. The Balaban J connectivity index is 1.98. The Kier molecular flexibility index (Phi) is 3.16. The number of hydrogen-bond acceptors (Lipinski definition) is 0. The zero-order chi connectivity index (χ0) is 13.4. The van der Waals surface area contributed by atoms with Gasteiger partial charge in [0, 0.05) is 5.02 Å². The normalized spacial score (nSPS) is 13.7. The molecule has 0 aliphatic heterocycles. The average Bonchev–Trinajstić information content (AvgIpc) is 2.71. The van der Waals surface area contributed by atoms with Crippen molar-refractivity contribution in [3.8, 4) is 0 Å². The van der Waals surface area contributed by atoms with Crippen LogP contribution in [0.25, 0.3) is 5.57 Å². The van der Waals surface area contributed by atoms with Gasteiger partial charge in [0.2, 0.25) is 0 Å². The molecule has 2 aromatic carbocycles. The van der Waals surface area contributed by atoms with Crippen LogP contribution in [0.4, 0.5) is 4.39 Å². The lowest BCUT2D eigenvalue weighted by molar-refractivity contribution is 0.626. The molecule has 1 aliphatic rings. The minimum atomic E-state index is -0.278. The molecule has 19 heavy (non-hydrogen) atoms. The van der Waals surface area contributed by atoms with Gasteiger partial charge >= 0.3 is 0 Å². The molecule has 0 nitrogen and oxygen atoms in total. The second kappa shape index (κ2) is 4.82. The SMILES string of the molecule is C=C1CCc2c(Cc3cc(F)cc(Cl)c3)cccc21. The van der Waals surface area contributed by atoms with E-state index >= 15 is 0 Å². The van der Waals surface area contributed by atoms with Gasteiger partial charge in [-0.15, -0.1) is 0 Å². The summed E-state index contributed by atoms with van der Waals surface area (Å²) in [6.45, 7) is 4.09. The second-order valence-corrected chi connectivity index (χ2v) is 5.44. The van der Waals surface area contributed by atoms with E-state index in [0.29, 0.717) is 11.4 Å². The fourth-order valence-electron chi connectivity index (χ4n) is 2.77. The third-order valence-electron chi connectivity index (χ3n) is 3.65. The highest BCUT2D eigenvalue weighted by Crippen LogP contribution is 2.34. The monoisotopic (exact) mass is 272 g/mol. The van der Waals surface area contributed by atoms with Gasteiger partial charge in [-0.05, 0) is 65.3 Å². The molecule has 0 N–H and O–H groups in total. The Morgan fingerprint density at radius 3 is 2.79 bits per heavy atom. The van der Waals surface area contributed by atoms with Crippen LogP contribution in [0.2, 0.25) is 5.02 Å². The predicted octanol–water partition coefficient (Wildman–Crippen LogP) is 5.03. The van der Waals surface area contributed by atoms with E-state index < -0.39 is 0 Å². The van der Waals surface area contributed by atoms with Crippen molar-refractivity contribution in [3.05, 3.63) is 76.1 Å². The summed E-state index contributed by atoms with van der Waals surface area (Å²) in [7, 11) is 0. The first-order chi connectivity index (χ1) is 9.13. The lowest BCUT2D eigenvalue weighted by Crippen LogP contribution is -1.95. The Morgan fingerprint density at radius 1 is 1.16 bits per heavy atom. The first-order valence-electron chi connectivity index (χ1n) is 6.37. The van der Waals surface area contributed by atoms with Gasteiger partial charge in [-0.25, -0.2) is 4.39 Å². The molecule has 0 heterocycles. The number of hydrogen-bond donors (Lipinski definition) is 0. The fourth-order valence-corrected chi connectivity index (χ4v) is 3.01. The first-order valence-corrected chi connectivity index (χ1v) is 6.75. The molecule has 2 heteroatoms. The maximum Gasteiger partial charge on any atom is 0.124 e. The van der Waals surface area contributed by atoms with Crippen LogP contribution in [0.5, 0.6) is 0 Å². The van der Waals surface area contributed by atoms with Gasteiger partial charge in [0.05, 0.1) is 0 Å². The molecule has 0 amide bonds. The van der Waals surface area contributed by atoms with E-state index in [9.17, 15) is 4.39 Å². The molecule has 0 unspecified atom stereocenters. The molecule has 0 fully saturated rings. The van der Waals surface area contributed by atoms with Gasteiger partial charge in [0.1, 0.15) is 5.82 Å². The van der Waals surface area contributed by atoms with Gasteiger partial charge in [0.25, 0.3) is 0 Å². The minimum absolute atomic E-state index is 0.278. The highest BCUT2D eigenvalue weighted by molar-refractivity contribution is 6.30. The Labute approximate surface area is 117 Å². The molecule has 0 radical (unpaired) electrons. The van der Waals surface area contributed by atoms with Crippen molar-refractivity contribution >= 4 is 17.2 Å². The third-order valence-corrected chi connectivity index (χ3v) is 3.87. The smallest absolute Gasteiger partial charge is 0.124 e. The summed E-state index contributed by atoms with van der Waals surface area (Å²) in [5, 5.41) is 0.451. The number of benzene rings is 2. The molecule has 0 spiro atoms. The van der Waals surface area contributed by atoms with Crippen molar-refractivity contribution in [2.75, 3.05) is 0 Å². The summed E-state index contributed by atoms with van der Waals surface area (Å²) in [4.78, 5) is 0. The molecule has 0 saturated carbocycles. The largest absolute Gasteiger partial charge is 0.207 e. The van der Waals surface area contributed by atoms with Crippen molar-refractivity contribution in [2.24, 2.45) is 0 Å². The summed E-state index contributed by atoms with van der Waals surface area (Å²) in [5.74, 6) is -0.278. The minimum Gasteiger partial charge on any atom is -0.207 e. The topological polar surface area (TPSA) is 0 Å². The maximum atomic E-state index is 13.4. The second-order valence-electron chi connectivity index (χ2n) is 5.00. The summed E-state index contributed by atoms with van der Waals surface area (Å²) in [5.41, 5.74) is 5.98. The molecule has 1 aliphatic carbocycles. The van der Waals surface area contributed by atoms with E-state index in [1.165, 1.54) is 28.3 Å². The van der Waals surface area contributed by atoms with Crippen molar-refractivity contribution in [2.45, 2.75) is 19.3 Å². The van der Waals surface area contributed by atoms with Crippen LogP contribution in [-0.2, 0) is 12.8 Å². The summed E-state index contributed by atoms with van der Waals surface area (Å²) in [6.07, 6.45) is 2.78. The number of halogens is 2. The van der Waals surface area contributed by atoms with Crippen molar-refractivity contribution in [3.63, 3.8) is 0 Å². The van der Waals surface area contributed by atoms with E-state index in [-0.39, 0.29) is 5.82 Å². The van der Waals surface area contributed by atoms with Gasteiger partial charge in [-0.1, -0.05) is 36.4 Å². The van der Waals surface area contributed by atoms with E-state index in [0.717, 1.165) is 18.4 Å². The van der Waals surface area contributed by atoms with Crippen LogP contribution in [0, 0.1) is 5.82 Å². The Hall–Kier alpha value is -1.60.